The predicted molar refractivity (Wildman–Crippen MR) is 108 cm³/mol. The number of sulfonamides is 1. The molecule has 150 valence electrons. The zero-order valence-electron chi connectivity index (χ0n) is 15.8. The second kappa shape index (κ2) is 7.85. The third-order valence-electron chi connectivity index (χ3n) is 5.62. The Labute approximate surface area is 169 Å². The number of rotatable bonds is 4. The second-order valence-electron chi connectivity index (χ2n) is 7.23. The van der Waals surface area contributed by atoms with Crippen molar-refractivity contribution >= 4 is 27.3 Å². The summed E-state index contributed by atoms with van der Waals surface area (Å²) >= 11 is 1.76. The lowest BCUT2D eigenvalue weighted by molar-refractivity contribution is -0.137. The van der Waals surface area contributed by atoms with Gasteiger partial charge in [0.25, 0.3) is 0 Å². The first-order valence-electron chi connectivity index (χ1n) is 9.47. The highest BCUT2D eigenvalue weighted by Crippen LogP contribution is 2.29. The number of nitrogens with zero attached hydrogens (tertiary/aromatic N) is 2. The van der Waals surface area contributed by atoms with E-state index in [4.69, 9.17) is 4.74 Å². The zero-order valence-corrected chi connectivity index (χ0v) is 17.5. The lowest BCUT2D eigenvalue weighted by atomic mass is 9.95. The fourth-order valence-corrected chi connectivity index (χ4v) is 6.29. The van der Waals surface area contributed by atoms with Gasteiger partial charge in [0.1, 0.15) is 5.75 Å². The summed E-state index contributed by atoms with van der Waals surface area (Å²) in [6.07, 6.45) is 2.06. The number of amides is 1. The first-order valence-corrected chi connectivity index (χ1v) is 11.8. The minimum absolute atomic E-state index is 0.0949. The maximum absolute atomic E-state index is 12.9. The van der Waals surface area contributed by atoms with Gasteiger partial charge in [0.05, 0.1) is 12.0 Å². The number of fused-ring (bicyclic) bond motifs is 1. The van der Waals surface area contributed by atoms with Gasteiger partial charge in [-0.1, -0.05) is 0 Å². The van der Waals surface area contributed by atoms with E-state index in [1.807, 2.05) is 4.90 Å². The van der Waals surface area contributed by atoms with Crippen LogP contribution in [-0.2, 0) is 27.8 Å². The van der Waals surface area contributed by atoms with Crippen molar-refractivity contribution in [1.82, 2.24) is 9.21 Å². The second-order valence-corrected chi connectivity index (χ2v) is 10.2. The summed E-state index contributed by atoms with van der Waals surface area (Å²) in [5, 5.41) is 2.08. The summed E-state index contributed by atoms with van der Waals surface area (Å²) in [5.74, 6) is 0.694. The molecular weight excluding hydrogens is 396 g/mol. The normalized spacial score (nSPS) is 18.7. The molecule has 1 amide bonds. The van der Waals surface area contributed by atoms with Gasteiger partial charge in [-0.25, -0.2) is 8.42 Å². The summed E-state index contributed by atoms with van der Waals surface area (Å²) in [7, 11) is -1.99. The molecule has 1 fully saturated rings. The standard InChI is InChI=1S/C20H24N2O4S2/c1-26-17-2-4-18(5-3-17)28(24,25)22-11-6-15(7-12-22)20(23)21-10-8-19-16(14-21)9-13-27-19/h2-5,9,13,15H,6-8,10-12,14H2,1H3. The maximum atomic E-state index is 12.9. The SMILES string of the molecule is COc1ccc(S(=O)(=O)N2CCC(C(=O)N3CCc4sccc4C3)CC2)cc1. The van der Waals surface area contributed by atoms with Crippen molar-refractivity contribution in [2.24, 2.45) is 5.92 Å². The van der Waals surface area contributed by atoms with Crippen LogP contribution >= 0.6 is 11.3 Å². The molecule has 1 saturated heterocycles. The minimum atomic E-state index is -3.54. The Kier molecular flexibility index (Phi) is 5.44. The number of ether oxygens (including phenoxy) is 1. The van der Waals surface area contributed by atoms with Crippen LogP contribution in [0, 0.1) is 5.92 Å². The molecule has 2 aliphatic rings. The average Bonchev–Trinajstić information content (AvgIpc) is 3.21. The lowest BCUT2D eigenvalue weighted by Crippen LogP contribution is -2.45. The molecule has 0 atom stereocenters. The Morgan fingerprint density at radius 2 is 1.82 bits per heavy atom. The van der Waals surface area contributed by atoms with Crippen molar-refractivity contribution in [3.05, 3.63) is 46.2 Å². The summed E-state index contributed by atoms with van der Waals surface area (Å²) in [4.78, 5) is 16.5. The van der Waals surface area contributed by atoms with Gasteiger partial charge in [-0.2, -0.15) is 4.31 Å². The van der Waals surface area contributed by atoms with Crippen molar-refractivity contribution in [1.29, 1.82) is 0 Å². The van der Waals surface area contributed by atoms with Gasteiger partial charge in [0.15, 0.2) is 0 Å². The molecule has 28 heavy (non-hydrogen) atoms. The largest absolute Gasteiger partial charge is 0.497 e. The van der Waals surface area contributed by atoms with Gasteiger partial charge in [-0.15, -0.1) is 11.3 Å². The molecule has 0 unspecified atom stereocenters. The van der Waals surface area contributed by atoms with Gasteiger partial charge in [0.2, 0.25) is 15.9 Å². The Balaban J connectivity index is 1.38. The molecule has 6 nitrogen and oxygen atoms in total. The maximum Gasteiger partial charge on any atom is 0.243 e. The molecule has 2 aromatic rings. The summed E-state index contributed by atoms with van der Waals surface area (Å²) < 4.78 is 32.3. The smallest absolute Gasteiger partial charge is 0.243 e. The molecule has 2 aliphatic heterocycles. The van der Waals surface area contributed by atoms with Gasteiger partial charge in [-0.3, -0.25) is 4.79 Å². The highest BCUT2D eigenvalue weighted by atomic mass is 32.2. The molecule has 0 bridgehead atoms. The van der Waals surface area contributed by atoms with Crippen molar-refractivity contribution in [2.45, 2.75) is 30.7 Å². The Hall–Kier alpha value is -1.90. The van der Waals surface area contributed by atoms with Crippen LogP contribution in [0.3, 0.4) is 0 Å². The van der Waals surface area contributed by atoms with Crippen LogP contribution in [0.1, 0.15) is 23.3 Å². The van der Waals surface area contributed by atoms with E-state index in [0.29, 0.717) is 38.2 Å². The molecular formula is C20H24N2O4S2. The molecule has 0 N–H and O–H groups in total. The van der Waals surface area contributed by atoms with Crippen LogP contribution in [0.4, 0.5) is 0 Å². The topological polar surface area (TPSA) is 66.9 Å². The zero-order chi connectivity index (χ0) is 19.7. The fourth-order valence-electron chi connectivity index (χ4n) is 3.93. The molecule has 0 saturated carbocycles. The van der Waals surface area contributed by atoms with Crippen molar-refractivity contribution in [2.75, 3.05) is 26.7 Å². The predicted octanol–water partition coefficient (Wildman–Crippen LogP) is 2.74. The number of carbonyl (C=O) groups excluding carboxylic acids is 1. The lowest BCUT2D eigenvalue weighted by Gasteiger charge is -2.35. The first-order chi connectivity index (χ1) is 13.5. The molecule has 1 aromatic carbocycles. The van der Waals surface area contributed by atoms with E-state index in [1.54, 1.807) is 42.7 Å². The van der Waals surface area contributed by atoms with Crippen molar-refractivity contribution in [3.8, 4) is 5.75 Å². The quantitative estimate of drug-likeness (QED) is 0.763. The number of hydrogen-bond donors (Lipinski definition) is 0. The summed E-state index contributed by atoms with van der Waals surface area (Å²) in [5.41, 5.74) is 1.25. The molecule has 0 aliphatic carbocycles. The third-order valence-corrected chi connectivity index (χ3v) is 8.56. The average molecular weight is 421 g/mol. The van der Waals surface area contributed by atoms with Crippen LogP contribution < -0.4 is 4.74 Å². The van der Waals surface area contributed by atoms with E-state index < -0.39 is 10.0 Å². The van der Waals surface area contributed by atoms with Crippen LogP contribution in [0.25, 0.3) is 0 Å². The molecule has 8 heteroatoms. The van der Waals surface area contributed by atoms with E-state index in [0.717, 1.165) is 13.0 Å². The van der Waals surface area contributed by atoms with Crippen LogP contribution in [0.2, 0.25) is 0 Å². The summed E-state index contributed by atoms with van der Waals surface area (Å²) in [6.45, 7) is 2.20. The van der Waals surface area contributed by atoms with E-state index in [-0.39, 0.29) is 16.7 Å². The van der Waals surface area contributed by atoms with Crippen LogP contribution in [-0.4, -0.2) is 50.3 Å². The van der Waals surface area contributed by atoms with Crippen molar-refractivity contribution in [3.63, 3.8) is 0 Å². The molecule has 0 spiro atoms. The van der Waals surface area contributed by atoms with E-state index >= 15 is 0 Å². The van der Waals surface area contributed by atoms with Gasteiger partial charge >= 0.3 is 0 Å². The molecule has 0 radical (unpaired) electrons. The minimum Gasteiger partial charge on any atom is -0.497 e. The Morgan fingerprint density at radius 3 is 2.50 bits per heavy atom. The third kappa shape index (κ3) is 3.68. The number of carbonyl (C=O) groups is 1. The fraction of sp³-hybridized carbons (Fsp3) is 0.450. The van der Waals surface area contributed by atoms with E-state index in [2.05, 4.69) is 11.4 Å². The number of piperidine rings is 1. The highest BCUT2D eigenvalue weighted by Gasteiger charge is 2.34. The number of thiophene rings is 1. The number of methoxy groups -OCH3 is 1. The van der Waals surface area contributed by atoms with Crippen LogP contribution in [0.5, 0.6) is 5.75 Å². The van der Waals surface area contributed by atoms with E-state index in [9.17, 15) is 13.2 Å². The number of hydrogen-bond acceptors (Lipinski definition) is 5. The van der Waals surface area contributed by atoms with Crippen molar-refractivity contribution < 1.29 is 17.9 Å². The monoisotopic (exact) mass is 420 g/mol. The van der Waals surface area contributed by atoms with Gasteiger partial charge < -0.3 is 9.64 Å². The molecule has 3 heterocycles. The summed E-state index contributed by atoms with van der Waals surface area (Å²) in [6, 6.07) is 8.54. The Morgan fingerprint density at radius 1 is 1.11 bits per heavy atom. The van der Waals surface area contributed by atoms with Gasteiger partial charge in [0, 0.05) is 37.0 Å². The van der Waals surface area contributed by atoms with Gasteiger partial charge in [-0.05, 0) is 60.5 Å². The van der Waals surface area contributed by atoms with E-state index in [1.165, 1.54) is 14.7 Å². The highest BCUT2D eigenvalue weighted by molar-refractivity contribution is 7.89. The first kappa shape index (κ1) is 19.4. The van der Waals surface area contributed by atoms with Crippen LogP contribution in [0.15, 0.2) is 40.6 Å². The number of benzene rings is 1. The Bertz CT molecular complexity index is 945. The molecule has 1 aromatic heterocycles. The molecule has 4 rings (SSSR count).